The molecule has 3 rings (SSSR count). The fourth-order valence-corrected chi connectivity index (χ4v) is 2.30. The predicted octanol–water partition coefficient (Wildman–Crippen LogP) is 4.20. The van der Waals surface area contributed by atoms with Crippen LogP contribution in [0.1, 0.15) is 16.1 Å². The molecule has 2 aromatic carbocycles. The molecule has 0 spiro atoms. The number of nitrogens with zero attached hydrogens (tertiary/aromatic N) is 2. The van der Waals surface area contributed by atoms with Crippen molar-refractivity contribution in [1.29, 1.82) is 0 Å². The molecule has 0 aliphatic carbocycles. The lowest BCUT2D eigenvalue weighted by molar-refractivity contribution is 0.0687. The molecule has 5 heteroatoms. The summed E-state index contributed by atoms with van der Waals surface area (Å²) in [7, 11) is 0. The molecule has 0 aliphatic heterocycles. The molecule has 0 saturated heterocycles. The van der Waals surface area contributed by atoms with Crippen molar-refractivity contribution in [2.24, 2.45) is 0 Å². The molecule has 1 heterocycles. The molecule has 0 atom stereocenters. The highest BCUT2D eigenvalue weighted by Gasteiger charge is 2.16. The Bertz CT molecular complexity index is 821. The number of benzene rings is 2. The van der Waals surface area contributed by atoms with Gasteiger partial charge in [0.2, 0.25) is 0 Å². The second-order valence-electron chi connectivity index (χ2n) is 4.97. The zero-order valence-electron chi connectivity index (χ0n) is 11.8. The molecule has 110 valence electrons. The van der Waals surface area contributed by atoms with Gasteiger partial charge in [0.1, 0.15) is 0 Å². The minimum atomic E-state index is -1.02. The second-order valence-corrected chi connectivity index (χ2v) is 5.41. The Balaban J connectivity index is 2.11. The molecule has 1 N–H and O–H groups in total. The first-order valence-electron chi connectivity index (χ1n) is 6.71. The number of carbonyl (C=O) groups is 1. The third-order valence-corrected chi connectivity index (χ3v) is 3.60. The van der Waals surface area contributed by atoms with Crippen molar-refractivity contribution in [2.45, 2.75) is 6.92 Å². The molecule has 0 amide bonds. The molecule has 1 aromatic heterocycles. The van der Waals surface area contributed by atoms with Crippen LogP contribution in [0.5, 0.6) is 0 Å². The van der Waals surface area contributed by atoms with Crippen LogP contribution in [-0.4, -0.2) is 20.9 Å². The number of halogens is 1. The third kappa shape index (κ3) is 2.73. The molecule has 0 fully saturated rings. The van der Waals surface area contributed by atoms with Gasteiger partial charge in [0.15, 0.2) is 5.69 Å². The zero-order valence-corrected chi connectivity index (χ0v) is 12.6. The zero-order chi connectivity index (χ0) is 15.7. The number of aryl methyl sites for hydroxylation is 1. The minimum absolute atomic E-state index is 0.119. The molecule has 0 radical (unpaired) electrons. The van der Waals surface area contributed by atoms with Crippen LogP contribution in [0.25, 0.3) is 16.9 Å². The molecule has 0 saturated carbocycles. The van der Waals surface area contributed by atoms with Crippen molar-refractivity contribution in [1.82, 2.24) is 9.78 Å². The van der Waals surface area contributed by atoms with Crippen molar-refractivity contribution in [3.63, 3.8) is 0 Å². The van der Waals surface area contributed by atoms with Crippen LogP contribution in [0.4, 0.5) is 0 Å². The first-order chi connectivity index (χ1) is 10.5. The summed E-state index contributed by atoms with van der Waals surface area (Å²) in [5.41, 5.74) is 3.34. The smallest absolute Gasteiger partial charge is 0.354 e. The molecule has 0 bridgehead atoms. The van der Waals surface area contributed by atoms with E-state index >= 15 is 0 Å². The molecular formula is C17H13ClN2O2. The summed E-state index contributed by atoms with van der Waals surface area (Å²) < 4.78 is 1.44. The predicted molar refractivity (Wildman–Crippen MR) is 85.7 cm³/mol. The Morgan fingerprint density at radius 3 is 2.32 bits per heavy atom. The normalized spacial score (nSPS) is 10.6. The highest BCUT2D eigenvalue weighted by atomic mass is 35.5. The van der Waals surface area contributed by atoms with Crippen LogP contribution in [0.3, 0.4) is 0 Å². The summed E-state index contributed by atoms with van der Waals surface area (Å²) in [5, 5.41) is 14.5. The van der Waals surface area contributed by atoms with Gasteiger partial charge in [0, 0.05) is 10.6 Å². The second kappa shape index (κ2) is 5.66. The average Bonchev–Trinajstić information content (AvgIpc) is 2.94. The van der Waals surface area contributed by atoms with E-state index in [1.165, 1.54) is 4.68 Å². The van der Waals surface area contributed by atoms with Crippen molar-refractivity contribution < 1.29 is 9.90 Å². The first-order valence-corrected chi connectivity index (χ1v) is 7.09. The number of aromatic nitrogens is 2. The fraction of sp³-hybridized carbons (Fsp3) is 0.0588. The number of hydrogen-bond acceptors (Lipinski definition) is 2. The largest absolute Gasteiger partial charge is 0.477 e. The number of aromatic carboxylic acids is 1. The molecule has 4 nitrogen and oxygen atoms in total. The van der Waals surface area contributed by atoms with E-state index in [9.17, 15) is 9.90 Å². The topological polar surface area (TPSA) is 55.1 Å². The van der Waals surface area contributed by atoms with Gasteiger partial charge >= 0.3 is 5.97 Å². The summed E-state index contributed by atoms with van der Waals surface area (Å²) in [5.74, 6) is -1.02. The van der Waals surface area contributed by atoms with Gasteiger partial charge in [-0.1, -0.05) is 41.4 Å². The van der Waals surface area contributed by atoms with E-state index in [0.717, 1.165) is 11.1 Å². The van der Waals surface area contributed by atoms with Crippen LogP contribution in [0.2, 0.25) is 5.02 Å². The maximum absolute atomic E-state index is 11.5. The minimum Gasteiger partial charge on any atom is -0.477 e. The van der Waals surface area contributed by atoms with Gasteiger partial charge in [0.25, 0.3) is 0 Å². The summed E-state index contributed by atoms with van der Waals surface area (Å²) >= 11 is 5.88. The van der Waals surface area contributed by atoms with Crippen LogP contribution in [0, 0.1) is 6.92 Å². The van der Waals surface area contributed by atoms with E-state index in [1.54, 1.807) is 18.2 Å². The highest BCUT2D eigenvalue weighted by Crippen LogP contribution is 2.23. The molecule has 0 unspecified atom stereocenters. The van der Waals surface area contributed by atoms with E-state index in [4.69, 9.17) is 11.6 Å². The van der Waals surface area contributed by atoms with Crippen LogP contribution >= 0.6 is 11.6 Å². The fourth-order valence-electron chi connectivity index (χ4n) is 2.18. The van der Waals surface area contributed by atoms with Gasteiger partial charge in [0.05, 0.1) is 11.4 Å². The van der Waals surface area contributed by atoms with Gasteiger partial charge in [-0.15, -0.1) is 0 Å². The van der Waals surface area contributed by atoms with E-state index in [1.807, 2.05) is 43.3 Å². The van der Waals surface area contributed by atoms with Crippen LogP contribution in [-0.2, 0) is 0 Å². The Morgan fingerprint density at radius 1 is 1.09 bits per heavy atom. The van der Waals surface area contributed by atoms with E-state index in [2.05, 4.69) is 5.10 Å². The molecular weight excluding hydrogens is 300 g/mol. The van der Waals surface area contributed by atoms with Gasteiger partial charge in [-0.05, 0) is 37.3 Å². The standard InChI is InChI=1S/C17H13ClN2O2/c1-11-2-8-14(9-3-11)20-16(17(21)22)10-15(19-20)12-4-6-13(18)7-5-12/h2-10H,1H3,(H,21,22). The van der Waals surface area contributed by atoms with Crippen LogP contribution < -0.4 is 0 Å². The lowest BCUT2D eigenvalue weighted by Gasteiger charge is -2.04. The Labute approximate surface area is 132 Å². The number of carboxylic acid groups (broad SMARTS) is 1. The maximum atomic E-state index is 11.5. The summed E-state index contributed by atoms with van der Waals surface area (Å²) in [6, 6.07) is 16.2. The molecule has 0 aliphatic rings. The lowest BCUT2D eigenvalue weighted by Crippen LogP contribution is -2.07. The monoisotopic (exact) mass is 312 g/mol. The van der Waals surface area contributed by atoms with Crippen LogP contribution in [0.15, 0.2) is 54.6 Å². The van der Waals surface area contributed by atoms with Crippen molar-refractivity contribution in [3.8, 4) is 16.9 Å². The van der Waals surface area contributed by atoms with E-state index < -0.39 is 5.97 Å². The number of carboxylic acids is 1. The summed E-state index contributed by atoms with van der Waals surface area (Å²) in [6.45, 7) is 1.98. The maximum Gasteiger partial charge on any atom is 0.354 e. The van der Waals surface area contributed by atoms with Crippen molar-refractivity contribution in [3.05, 3.63) is 70.9 Å². The number of rotatable bonds is 3. The van der Waals surface area contributed by atoms with Crippen molar-refractivity contribution in [2.75, 3.05) is 0 Å². The third-order valence-electron chi connectivity index (χ3n) is 3.35. The SMILES string of the molecule is Cc1ccc(-n2nc(-c3ccc(Cl)cc3)cc2C(=O)O)cc1. The average molecular weight is 313 g/mol. The Hall–Kier alpha value is -2.59. The van der Waals surface area contributed by atoms with E-state index in [0.29, 0.717) is 16.4 Å². The summed E-state index contributed by atoms with van der Waals surface area (Å²) in [4.78, 5) is 11.5. The van der Waals surface area contributed by atoms with Gasteiger partial charge in [-0.3, -0.25) is 0 Å². The lowest BCUT2D eigenvalue weighted by atomic mass is 10.1. The quantitative estimate of drug-likeness (QED) is 0.788. The van der Waals surface area contributed by atoms with E-state index in [-0.39, 0.29) is 5.69 Å². The molecule has 3 aromatic rings. The first kappa shape index (κ1) is 14.4. The van der Waals surface area contributed by atoms with Crippen molar-refractivity contribution >= 4 is 17.6 Å². The van der Waals surface area contributed by atoms with Gasteiger partial charge in [-0.25, -0.2) is 9.48 Å². The highest BCUT2D eigenvalue weighted by molar-refractivity contribution is 6.30. The Kier molecular flexibility index (Phi) is 3.69. The van der Waals surface area contributed by atoms with Gasteiger partial charge < -0.3 is 5.11 Å². The Morgan fingerprint density at radius 2 is 1.73 bits per heavy atom. The van der Waals surface area contributed by atoms with Gasteiger partial charge in [-0.2, -0.15) is 5.10 Å². The molecule has 22 heavy (non-hydrogen) atoms. The summed E-state index contributed by atoms with van der Waals surface area (Å²) in [6.07, 6.45) is 0. The number of hydrogen-bond donors (Lipinski definition) is 1.